The van der Waals surface area contributed by atoms with E-state index in [1.165, 1.54) is 18.3 Å². The third-order valence-electron chi connectivity index (χ3n) is 6.07. The van der Waals surface area contributed by atoms with E-state index in [0.29, 0.717) is 48.5 Å². The molecule has 43 heavy (non-hydrogen) atoms. The zero-order valence-corrected chi connectivity index (χ0v) is 26.2. The Morgan fingerprint density at radius 3 is 2.63 bits per heavy atom. The SMILES string of the molecule is CCOC(=O)C1=C(C)NC(=S)N[C@H]1c1ccccc1OCC(=O)NN=Cc1cc(Cl)c(OCc2ccc(F)cc2)c(Br)c1. The summed E-state index contributed by atoms with van der Waals surface area (Å²) in [7, 11) is 0. The van der Waals surface area contributed by atoms with Crippen LogP contribution in [0.3, 0.4) is 0 Å². The fourth-order valence-electron chi connectivity index (χ4n) is 4.14. The molecule has 1 heterocycles. The molecule has 0 aliphatic carbocycles. The molecule has 13 heteroatoms. The van der Waals surface area contributed by atoms with Crippen molar-refractivity contribution in [3.63, 3.8) is 0 Å². The van der Waals surface area contributed by atoms with Crippen molar-refractivity contribution in [2.24, 2.45) is 5.10 Å². The summed E-state index contributed by atoms with van der Waals surface area (Å²) in [5, 5.41) is 10.7. The topological polar surface area (TPSA) is 110 Å². The summed E-state index contributed by atoms with van der Waals surface area (Å²) in [6.07, 6.45) is 1.42. The fraction of sp³-hybridized carbons (Fsp3) is 0.200. The van der Waals surface area contributed by atoms with Crippen molar-refractivity contribution >= 4 is 63.0 Å². The van der Waals surface area contributed by atoms with Gasteiger partial charge in [0.25, 0.3) is 5.91 Å². The lowest BCUT2D eigenvalue weighted by Gasteiger charge is -2.30. The number of hydrazone groups is 1. The molecule has 1 atom stereocenters. The van der Waals surface area contributed by atoms with Crippen molar-refractivity contribution in [3.05, 3.63) is 104 Å². The first-order valence-corrected chi connectivity index (χ1v) is 14.6. The first kappa shape index (κ1) is 31.9. The molecule has 0 saturated heterocycles. The number of carbonyl (C=O) groups excluding carboxylic acids is 2. The van der Waals surface area contributed by atoms with Crippen LogP contribution in [0.1, 0.15) is 36.6 Å². The number of nitrogens with zero attached hydrogens (tertiary/aromatic N) is 1. The zero-order chi connectivity index (χ0) is 30.9. The molecule has 3 aromatic rings. The molecule has 1 amide bonds. The number of allylic oxidation sites excluding steroid dienone is 1. The lowest BCUT2D eigenvalue weighted by molar-refractivity contribution is -0.139. The number of thiocarbonyl (C=S) groups is 1. The number of rotatable bonds is 11. The Morgan fingerprint density at radius 1 is 1.16 bits per heavy atom. The van der Waals surface area contributed by atoms with Gasteiger partial charge in [-0.15, -0.1) is 0 Å². The third-order valence-corrected chi connectivity index (χ3v) is 7.16. The molecule has 0 bridgehead atoms. The smallest absolute Gasteiger partial charge is 0.338 e. The maximum Gasteiger partial charge on any atom is 0.338 e. The van der Waals surface area contributed by atoms with E-state index in [-0.39, 0.29) is 25.6 Å². The van der Waals surface area contributed by atoms with Crippen molar-refractivity contribution in [3.8, 4) is 11.5 Å². The Kier molecular flexibility index (Phi) is 11.1. The number of halogens is 3. The Hall–Kier alpha value is -4.00. The molecule has 9 nitrogen and oxygen atoms in total. The monoisotopic (exact) mass is 688 g/mol. The minimum absolute atomic E-state index is 0.200. The molecule has 0 fully saturated rings. The number of esters is 1. The molecule has 224 valence electrons. The van der Waals surface area contributed by atoms with Crippen molar-refractivity contribution < 1.29 is 28.2 Å². The molecular formula is C30H27BrClFN4O5S. The summed E-state index contributed by atoms with van der Waals surface area (Å²) in [5.74, 6) is -0.535. The number of nitrogens with one attached hydrogen (secondary N) is 3. The highest BCUT2D eigenvalue weighted by molar-refractivity contribution is 9.10. The number of amides is 1. The third kappa shape index (κ3) is 8.53. The standard InChI is InChI=1S/C30H27BrClFN4O5S/c1-3-40-29(39)26-17(2)35-30(43)36-27(26)21-6-4-5-7-24(21)41-16-25(38)37-34-14-19-12-22(31)28(23(32)13-19)42-15-18-8-10-20(33)11-9-18/h4-14,27H,3,15-16H2,1-2H3,(H,37,38)(H2,35,36,43)/t27-/m0/s1. The van der Waals surface area contributed by atoms with Crippen molar-refractivity contribution in [1.82, 2.24) is 16.1 Å². The van der Waals surface area contributed by atoms with Crippen LogP contribution in [0.25, 0.3) is 0 Å². The van der Waals surface area contributed by atoms with E-state index < -0.39 is 17.9 Å². The van der Waals surface area contributed by atoms with Gasteiger partial charge in [0.1, 0.15) is 18.2 Å². The molecule has 3 aromatic carbocycles. The summed E-state index contributed by atoms with van der Waals surface area (Å²) in [4.78, 5) is 25.2. The Balaban J connectivity index is 1.37. The van der Waals surface area contributed by atoms with Gasteiger partial charge in [0.15, 0.2) is 17.5 Å². The number of ether oxygens (including phenoxy) is 3. The molecule has 3 N–H and O–H groups in total. The Morgan fingerprint density at radius 2 is 1.91 bits per heavy atom. The van der Waals surface area contributed by atoms with E-state index in [1.54, 1.807) is 62.4 Å². The molecule has 0 aromatic heterocycles. The molecule has 1 aliphatic rings. The highest BCUT2D eigenvalue weighted by atomic mass is 79.9. The van der Waals surface area contributed by atoms with Crippen LogP contribution in [0.15, 0.2) is 81.5 Å². The highest BCUT2D eigenvalue weighted by Gasteiger charge is 2.32. The van der Waals surface area contributed by atoms with Gasteiger partial charge in [0.2, 0.25) is 0 Å². The highest BCUT2D eigenvalue weighted by Crippen LogP contribution is 2.35. The predicted molar refractivity (Wildman–Crippen MR) is 169 cm³/mol. The van der Waals surface area contributed by atoms with E-state index in [4.69, 9.17) is 38.0 Å². The summed E-state index contributed by atoms with van der Waals surface area (Å²) in [5.41, 5.74) is 5.32. The van der Waals surface area contributed by atoms with Gasteiger partial charge in [-0.05, 0) is 83.5 Å². The summed E-state index contributed by atoms with van der Waals surface area (Å²) in [6.45, 7) is 3.53. The largest absolute Gasteiger partial charge is 0.486 e. The maximum atomic E-state index is 13.1. The minimum Gasteiger partial charge on any atom is -0.486 e. The molecule has 1 aliphatic heterocycles. The van der Waals surface area contributed by atoms with Gasteiger partial charge in [0, 0.05) is 11.3 Å². The summed E-state index contributed by atoms with van der Waals surface area (Å²) < 4.78 is 30.5. The van der Waals surface area contributed by atoms with Crippen LogP contribution in [-0.2, 0) is 20.9 Å². The number of carbonyl (C=O) groups is 2. The number of hydrogen-bond acceptors (Lipinski definition) is 7. The van der Waals surface area contributed by atoms with Crippen molar-refractivity contribution in [2.75, 3.05) is 13.2 Å². The van der Waals surface area contributed by atoms with Crippen LogP contribution in [0.2, 0.25) is 5.02 Å². The molecule has 4 rings (SSSR count). The number of hydrogen-bond donors (Lipinski definition) is 3. The average Bonchev–Trinajstić information content (AvgIpc) is 2.96. The van der Waals surface area contributed by atoms with Gasteiger partial charge in [-0.2, -0.15) is 5.10 Å². The number of benzene rings is 3. The first-order valence-electron chi connectivity index (χ1n) is 13.0. The van der Waals surface area contributed by atoms with Gasteiger partial charge in [0.05, 0.1) is 33.9 Å². The van der Waals surface area contributed by atoms with Gasteiger partial charge in [-0.3, -0.25) is 4.79 Å². The summed E-state index contributed by atoms with van der Waals surface area (Å²) in [6, 6.07) is 15.7. The second-order valence-electron chi connectivity index (χ2n) is 9.14. The van der Waals surface area contributed by atoms with E-state index in [1.807, 2.05) is 0 Å². The fourth-order valence-corrected chi connectivity index (χ4v) is 5.40. The average molecular weight is 690 g/mol. The molecule has 0 saturated carbocycles. The van der Waals surface area contributed by atoms with Crippen LogP contribution >= 0.6 is 39.7 Å². The van der Waals surface area contributed by atoms with E-state index in [0.717, 1.165) is 5.56 Å². The van der Waals surface area contributed by atoms with E-state index >= 15 is 0 Å². The van der Waals surface area contributed by atoms with Crippen molar-refractivity contribution in [1.29, 1.82) is 0 Å². The van der Waals surface area contributed by atoms with Gasteiger partial charge in [-0.1, -0.05) is 41.9 Å². The van der Waals surface area contributed by atoms with Crippen LogP contribution in [0.4, 0.5) is 4.39 Å². The minimum atomic E-state index is -0.643. The lowest BCUT2D eigenvalue weighted by Crippen LogP contribution is -2.45. The summed E-state index contributed by atoms with van der Waals surface area (Å²) >= 11 is 15.1. The zero-order valence-electron chi connectivity index (χ0n) is 23.1. The van der Waals surface area contributed by atoms with Gasteiger partial charge in [-0.25, -0.2) is 14.6 Å². The van der Waals surface area contributed by atoms with Gasteiger partial charge < -0.3 is 24.8 Å². The predicted octanol–water partition coefficient (Wildman–Crippen LogP) is 5.71. The normalized spacial score (nSPS) is 14.6. The molecule has 0 spiro atoms. The lowest BCUT2D eigenvalue weighted by atomic mass is 9.95. The van der Waals surface area contributed by atoms with Crippen LogP contribution in [0.5, 0.6) is 11.5 Å². The van der Waals surface area contributed by atoms with Crippen LogP contribution < -0.4 is 25.5 Å². The molecule has 0 radical (unpaired) electrons. The number of para-hydroxylation sites is 1. The van der Waals surface area contributed by atoms with E-state index in [2.05, 4.69) is 37.1 Å². The Labute approximate surface area is 266 Å². The first-order chi connectivity index (χ1) is 20.7. The van der Waals surface area contributed by atoms with Crippen LogP contribution in [-0.4, -0.2) is 36.4 Å². The molecular weight excluding hydrogens is 663 g/mol. The van der Waals surface area contributed by atoms with Gasteiger partial charge >= 0.3 is 5.97 Å². The maximum absolute atomic E-state index is 13.1. The quantitative estimate of drug-likeness (QED) is 0.102. The molecule has 0 unspecified atom stereocenters. The second-order valence-corrected chi connectivity index (χ2v) is 10.8. The van der Waals surface area contributed by atoms with E-state index in [9.17, 15) is 14.0 Å². The van der Waals surface area contributed by atoms with Crippen LogP contribution in [0, 0.1) is 5.82 Å². The Bertz CT molecular complexity index is 1560. The second kappa shape index (κ2) is 14.9. The van der Waals surface area contributed by atoms with Crippen molar-refractivity contribution in [2.45, 2.75) is 26.5 Å².